The topological polar surface area (TPSA) is 56.5 Å². The molecule has 4 nitrogen and oxygen atoms in total. The van der Waals surface area contributed by atoms with Gasteiger partial charge in [-0.1, -0.05) is 25.6 Å². The molecule has 1 aromatic carbocycles. The van der Waals surface area contributed by atoms with Crippen LogP contribution in [0.2, 0.25) is 0 Å². The van der Waals surface area contributed by atoms with Crippen molar-refractivity contribution in [2.45, 2.75) is 70.4 Å². The van der Waals surface area contributed by atoms with Crippen molar-refractivity contribution in [1.29, 1.82) is 0 Å². The molecular formula is C19H34N2O2S. The van der Waals surface area contributed by atoms with Gasteiger partial charge < -0.3 is 20.5 Å². The Balaban J connectivity index is 2.70. The Labute approximate surface area is 151 Å². The van der Waals surface area contributed by atoms with Gasteiger partial charge in [0.25, 0.3) is 0 Å². The summed E-state index contributed by atoms with van der Waals surface area (Å²) in [6.45, 7) is 14.0. The number of nitrogens with one attached hydrogen (secondary N) is 1. The quantitative estimate of drug-likeness (QED) is 0.557. The van der Waals surface area contributed by atoms with E-state index in [9.17, 15) is 0 Å². The molecule has 0 aliphatic heterocycles. The molecule has 0 saturated carbocycles. The lowest BCUT2D eigenvalue weighted by Crippen LogP contribution is -2.38. The van der Waals surface area contributed by atoms with Crippen molar-refractivity contribution in [2.24, 2.45) is 5.73 Å². The average molecular weight is 355 g/mol. The molecule has 0 bridgehead atoms. The summed E-state index contributed by atoms with van der Waals surface area (Å²) in [5, 5.41) is 3.37. The second kappa shape index (κ2) is 9.54. The van der Waals surface area contributed by atoms with Crippen molar-refractivity contribution in [3.8, 4) is 5.75 Å². The predicted octanol–water partition coefficient (Wildman–Crippen LogP) is 4.85. The van der Waals surface area contributed by atoms with Crippen LogP contribution in [0.1, 0.15) is 54.4 Å². The third-order valence-corrected chi connectivity index (χ3v) is 5.08. The van der Waals surface area contributed by atoms with Gasteiger partial charge in [-0.3, -0.25) is 0 Å². The normalized spacial score (nSPS) is 15.6. The Hall–Kier alpha value is -0.910. The molecule has 0 heterocycles. The maximum atomic E-state index is 6.20. The number of thioether (sulfide) groups is 1. The van der Waals surface area contributed by atoms with Crippen LogP contribution >= 0.6 is 11.8 Å². The van der Waals surface area contributed by atoms with E-state index in [1.54, 1.807) is 11.8 Å². The van der Waals surface area contributed by atoms with Crippen LogP contribution in [-0.4, -0.2) is 29.1 Å². The molecule has 0 saturated heterocycles. The Morgan fingerprint density at radius 1 is 1.17 bits per heavy atom. The molecule has 0 aliphatic carbocycles. The van der Waals surface area contributed by atoms with Gasteiger partial charge in [-0.15, -0.1) is 0 Å². The molecule has 0 fully saturated rings. The largest absolute Gasteiger partial charge is 0.477 e. The molecule has 0 spiro atoms. The van der Waals surface area contributed by atoms with E-state index in [4.69, 9.17) is 15.2 Å². The standard InChI is InChI=1S/C19H34N2O2S/c1-7-13-21-16-9-11-17(12-10-16)23-18(4,5)24-19(6,8-2)22-15(3)14-20/h9-12,15,21H,7-8,13-14,20H2,1-6H3. The molecule has 24 heavy (non-hydrogen) atoms. The number of ether oxygens (including phenoxy) is 2. The van der Waals surface area contributed by atoms with Crippen molar-refractivity contribution in [2.75, 3.05) is 18.4 Å². The second-order valence-electron chi connectivity index (χ2n) is 6.71. The number of nitrogens with two attached hydrogens (primary N) is 1. The summed E-state index contributed by atoms with van der Waals surface area (Å²) in [5.41, 5.74) is 6.82. The van der Waals surface area contributed by atoms with E-state index in [1.165, 1.54) is 0 Å². The summed E-state index contributed by atoms with van der Waals surface area (Å²) in [7, 11) is 0. The van der Waals surface area contributed by atoms with Crippen LogP contribution in [0, 0.1) is 0 Å². The summed E-state index contributed by atoms with van der Waals surface area (Å²) in [6, 6.07) is 8.12. The minimum absolute atomic E-state index is 0.0298. The highest BCUT2D eigenvalue weighted by Gasteiger charge is 2.35. The van der Waals surface area contributed by atoms with Crippen molar-refractivity contribution < 1.29 is 9.47 Å². The van der Waals surface area contributed by atoms with Crippen LogP contribution < -0.4 is 15.8 Å². The molecule has 0 radical (unpaired) electrons. The lowest BCUT2D eigenvalue weighted by Gasteiger charge is -2.38. The summed E-state index contributed by atoms with van der Waals surface area (Å²) < 4.78 is 12.3. The summed E-state index contributed by atoms with van der Waals surface area (Å²) in [4.78, 5) is -0.734. The highest BCUT2D eigenvalue weighted by Crippen LogP contribution is 2.41. The Kier molecular flexibility index (Phi) is 8.40. The molecule has 2 unspecified atom stereocenters. The van der Waals surface area contributed by atoms with Gasteiger partial charge in [-0.25, -0.2) is 0 Å². The minimum atomic E-state index is -0.405. The van der Waals surface area contributed by atoms with E-state index in [-0.39, 0.29) is 11.0 Å². The van der Waals surface area contributed by atoms with Crippen molar-refractivity contribution in [3.05, 3.63) is 24.3 Å². The first-order valence-electron chi connectivity index (χ1n) is 8.84. The van der Waals surface area contributed by atoms with Crippen molar-refractivity contribution in [3.63, 3.8) is 0 Å². The van der Waals surface area contributed by atoms with Gasteiger partial charge >= 0.3 is 0 Å². The molecule has 1 aromatic rings. The Bertz CT molecular complexity index is 479. The molecule has 3 N–H and O–H groups in total. The monoisotopic (exact) mass is 354 g/mol. The first kappa shape index (κ1) is 21.1. The van der Waals surface area contributed by atoms with Gasteiger partial charge in [0.15, 0.2) is 4.93 Å². The van der Waals surface area contributed by atoms with E-state index in [1.807, 2.05) is 19.1 Å². The molecule has 0 amide bonds. The highest BCUT2D eigenvalue weighted by atomic mass is 32.2. The van der Waals surface area contributed by atoms with Crippen LogP contribution in [0.25, 0.3) is 0 Å². The molecular weight excluding hydrogens is 320 g/mol. The predicted molar refractivity (Wildman–Crippen MR) is 106 cm³/mol. The smallest absolute Gasteiger partial charge is 0.151 e. The number of benzene rings is 1. The van der Waals surface area contributed by atoms with Gasteiger partial charge in [0, 0.05) is 18.8 Å². The van der Waals surface area contributed by atoms with Crippen LogP contribution in [0.3, 0.4) is 0 Å². The number of hydrogen-bond acceptors (Lipinski definition) is 5. The second-order valence-corrected chi connectivity index (χ2v) is 8.76. The first-order chi connectivity index (χ1) is 11.2. The van der Waals surface area contributed by atoms with Crippen molar-refractivity contribution >= 4 is 17.4 Å². The van der Waals surface area contributed by atoms with Crippen LogP contribution in [-0.2, 0) is 4.74 Å². The SMILES string of the molecule is CCCNc1ccc(OC(C)(C)SC(C)(CC)OC(C)CN)cc1. The fraction of sp³-hybridized carbons (Fsp3) is 0.684. The first-order valence-corrected chi connectivity index (χ1v) is 9.66. The lowest BCUT2D eigenvalue weighted by atomic mass is 10.3. The van der Waals surface area contributed by atoms with Gasteiger partial charge in [-0.2, -0.15) is 0 Å². The third-order valence-electron chi connectivity index (χ3n) is 3.68. The Morgan fingerprint density at radius 3 is 2.29 bits per heavy atom. The van der Waals surface area contributed by atoms with Crippen LogP contribution in [0.4, 0.5) is 5.69 Å². The average Bonchev–Trinajstić information content (AvgIpc) is 2.53. The zero-order valence-corrected chi connectivity index (χ0v) is 16.8. The van der Waals surface area contributed by atoms with E-state index < -0.39 is 4.93 Å². The van der Waals surface area contributed by atoms with E-state index in [0.717, 1.165) is 30.8 Å². The van der Waals surface area contributed by atoms with E-state index in [2.05, 4.69) is 52.1 Å². The maximum Gasteiger partial charge on any atom is 0.151 e. The molecule has 5 heteroatoms. The van der Waals surface area contributed by atoms with Gasteiger partial charge in [0.05, 0.1) is 6.10 Å². The number of anilines is 1. The van der Waals surface area contributed by atoms with Gasteiger partial charge in [0.1, 0.15) is 10.7 Å². The van der Waals surface area contributed by atoms with Crippen molar-refractivity contribution in [1.82, 2.24) is 0 Å². The fourth-order valence-electron chi connectivity index (χ4n) is 2.39. The highest BCUT2D eigenvalue weighted by molar-refractivity contribution is 8.01. The number of rotatable bonds is 11. The maximum absolute atomic E-state index is 6.20. The van der Waals surface area contributed by atoms with E-state index >= 15 is 0 Å². The van der Waals surface area contributed by atoms with Gasteiger partial charge in [-0.05, 0) is 64.8 Å². The summed E-state index contributed by atoms with van der Waals surface area (Å²) >= 11 is 1.69. The summed E-state index contributed by atoms with van der Waals surface area (Å²) in [5.74, 6) is 0.861. The summed E-state index contributed by atoms with van der Waals surface area (Å²) in [6.07, 6.45) is 2.02. The minimum Gasteiger partial charge on any atom is -0.477 e. The van der Waals surface area contributed by atoms with E-state index in [0.29, 0.717) is 6.54 Å². The zero-order valence-electron chi connectivity index (χ0n) is 16.0. The van der Waals surface area contributed by atoms with Crippen LogP contribution in [0.5, 0.6) is 5.75 Å². The fourth-order valence-corrected chi connectivity index (χ4v) is 3.92. The molecule has 138 valence electrons. The zero-order chi connectivity index (χ0) is 18.2. The number of hydrogen-bond donors (Lipinski definition) is 2. The molecule has 0 aliphatic rings. The Morgan fingerprint density at radius 2 is 1.79 bits per heavy atom. The third kappa shape index (κ3) is 7.32. The molecule has 2 atom stereocenters. The molecule has 0 aromatic heterocycles. The lowest BCUT2D eigenvalue weighted by molar-refractivity contribution is -0.0147. The van der Waals surface area contributed by atoms with Gasteiger partial charge in [0.2, 0.25) is 0 Å². The molecule has 1 rings (SSSR count). The van der Waals surface area contributed by atoms with Crippen LogP contribution in [0.15, 0.2) is 24.3 Å².